The molecule has 2 unspecified atom stereocenters. The van der Waals surface area contributed by atoms with Gasteiger partial charge in [0.05, 0.1) is 27.7 Å². The van der Waals surface area contributed by atoms with Crippen LogP contribution in [0.5, 0.6) is 0 Å². The monoisotopic (exact) mass is 1230 g/mol. The number of carbonyl (C=O) groups is 2. The lowest BCUT2D eigenvalue weighted by Crippen LogP contribution is -2.37. The molecule has 0 spiro atoms. The van der Waals surface area contributed by atoms with E-state index in [9.17, 15) is 19.0 Å². The van der Waals surface area contributed by atoms with Crippen molar-refractivity contribution >= 4 is 19.8 Å². The summed E-state index contributed by atoms with van der Waals surface area (Å²) in [6.45, 7) is 4.46. The van der Waals surface area contributed by atoms with Crippen LogP contribution >= 0.6 is 7.82 Å². The quantitative estimate of drug-likeness (QED) is 0.0211. The molecule has 9 nitrogen and oxygen atoms in total. The number of ether oxygens (including phenoxy) is 2. The van der Waals surface area contributed by atoms with Crippen molar-refractivity contribution in [2.45, 2.75) is 354 Å². The molecule has 10 heteroatoms. The molecule has 0 aliphatic heterocycles. The van der Waals surface area contributed by atoms with Crippen molar-refractivity contribution in [2.24, 2.45) is 0 Å². The molecule has 0 amide bonds. The Labute approximate surface area is 533 Å². The Balaban J connectivity index is 4.01. The first-order valence-electron chi connectivity index (χ1n) is 36.7. The molecule has 2 atom stereocenters. The zero-order valence-corrected chi connectivity index (χ0v) is 58.2. The van der Waals surface area contributed by atoms with Gasteiger partial charge in [-0.05, 0) is 89.9 Å². The number of unbranched alkanes of at least 4 members (excludes halogenated alkanes) is 42. The molecule has 0 saturated heterocycles. The smallest absolute Gasteiger partial charge is 0.462 e. The molecule has 0 saturated carbocycles. The zero-order chi connectivity index (χ0) is 62.6. The lowest BCUT2D eigenvalue weighted by molar-refractivity contribution is -0.870. The summed E-state index contributed by atoms with van der Waals surface area (Å²) in [6, 6.07) is 0. The number of carbonyl (C=O) groups excluding carboxylic acids is 2. The van der Waals surface area contributed by atoms with Crippen LogP contribution in [0.2, 0.25) is 0 Å². The number of likely N-dealkylation sites (N-methyl/N-ethyl adjacent to an activating group) is 1. The van der Waals surface area contributed by atoms with E-state index in [4.69, 9.17) is 18.5 Å². The molecule has 1 N–H and O–H groups in total. The van der Waals surface area contributed by atoms with Crippen molar-refractivity contribution in [3.63, 3.8) is 0 Å². The van der Waals surface area contributed by atoms with Crippen LogP contribution in [0, 0.1) is 0 Å². The third-order valence-electron chi connectivity index (χ3n) is 16.2. The van der Waals surface area contributed by atoms with Crippen molar-refractivity contribution in [1.29, 1.82) is 0 Å². The molecular weight excluding hydrogens is 1090 g/mol. The van der Waals surface area contributed by atoms with Gasteiger partial charge in [-0.2, -0.15) is 0 Å². The van der Waals surface area contributed by atoms with Gasteiger partial charge in [0.2, 0.25) is 0 Å². The van der Waals surface area contributed by atoms with Crippen LogP contribution in [0.25, 0.3) is 0 Å². The van der Waals surface area contributed by atoms with Gasteiger partial charge in [-0.1, -0.05) is 318 Å². The highest BCUT2D eigenvalue weighted by Crippen LogP contribution is 2.43. The van der Waals surface area contributed by atoms with Crippen LogP contribution < -0.4 is 0 Å². The minimum atomic E-state index is -4.39. The highest BCUT2D eigenvalue weighted by molar-refractivity contribution is 7.47. The first-order chi connectivity index (χ1) is 42.0. The number of allylic oxidation sites excluding steroid dienone is 12. The van der Waals surface area contributed by atoms with E-state index in [1.54, 1.807) is 0 Å². The molecule has 86 heavy (non-hydrogen) atoms. The lowest BCUT2D eigenvalue weighted by atomic mass is 10.0. The third kappa shape index (κ3) is 70.5. The van der Waals surface area contributed by atoms with Crippen LogP contribution in [-0.4, -0.2) is 74.9 Å². The number of hydrogen-bond donors (Lipinski definition) is 1. The van der Waals surface area contributed by atoms with Gasteiger partial charge in [0.15, 0.2) is 6.10 Å². The Hall–Kier alpha value is -2.55. The molecule has 0 aromatic carbocycles. The summed E-state index contributed by atoms with van der Waals surface area (Å²) >= 11 is 0. The van der Waals surface area contributed by atoms with E-state index in [0.29, 0.717) is 17.4 Å². The topological polar surface area (TPSA) is 108 Å². The lowest BCUT2D eigenvalue weighted by Gasteiger charge is -2.24. The molecule has 0 bridgehead atoms. The number of nitrogens with zero attached hydrogens (tertiary/aromatic N) is 1. The van der Waals surface area contributed by atoms with Gasteiger partial charge < -0.3 is 18.9 Å². The Morgan fingerprint density at radius 1 is 0.360 bits per heavy atom. The normalized spacial score (nSPS) is 13.5. The second-order valence-corrected chi connectivity index (χ2v) is 27.4. The summed E-state index contributed by atoms with van der Waals surface area (Å²) in [4.78, 5) is 35.9. The van der Waals surface area contributed by atoms with Gasteiger partial charge in [-0.25, -0.2) is 4.57 Å². The van der Waals surface area contributed by atoms with Gasteiger partial charge >= 0.3 is 19.8 Å². The molecule has 502 valence electrons. The Kier molecular flexibility index (Phi) is 64.9. The molecule has 0 rings (SSSR count). The van der Waals surface area contributed by atoms with Crippen LogP contribution in [-0.2, 0) is 32.7 Å². The Morgan fingerprint density at radius 3 is 0.930 bits per heavy atom. The number of phosphoric acid groups is 1. The summed E-state index contributed by atoms with van der Waals surface area (Å²) in [5, 5.41) is 0. The van der Waals surface area contributed by atoms with Gasteiger partial charge in [-0.15, -0.1) is 0 Å². The highest BCUT2D eigenvalue weighted by Gasteiger charge is 2.27. The molecular formula is C76H141NO8P+. The number of phosphoric ester groups is 1. The molecule has 0 aliphatic carbocycles. The van der Waals surface area contributed by atoms with Crippen molar-refractivity contribution in [3.05, 3.63) is 72.9 Å². The highest BCUT2D eigenvalue weighted by atomic mass is 31.2. The summed E-state index contributed by atoms with van der Waals surface area (Å²) in [5.74, 6) is -0.784. The average Bonchev–Trinajstić information content (AvgIpc) is 3.70. The average molecular weight is 1230 g/mol. The predicted molar refractivity (Wildman–Crippen MR) is 372 cm³/mol. The van der Waals surface area contributed by atoms with E-state index in [2.05, 4.69) is 86.8 Å². The predicted octanol–water partition coefficient (Wildman–Crippen LogP) is 23.9. The number of esters is 2. The second kappa shape index (κ2) is 66.9. The van der Waals surface area contributed by atoms with E-state index < -0.39 is 26.5 Å². The van der Waals surface area contributed by atoms with E-state index in [1.165, 1.54) is 257 Å². The fraction of sp³-hybridized carbons (Fsp3) is 0.816. The fourth-order valence-electron chi connectivity index (χ4n) is 10.6. The van der Waals surface area contributed by atoms with Gasteiger partial charge in [0, 0.05) is 12.8 Å². The van der Waals surface area contributed by atoms with E-state index in [0.717, 1.165) is 57.8 Å². The first kappa shape index (κ1) is 83.5. The minimum absolute atomic E-state index is 0.0314. The number of hydrogen-bond acceptors (Lipinski definition) is 7. The SMILES string of the molecule is CCCCCCC/C=C\C/C=C\C/C=C\CCCCCCCCCCCCCCCCCCCCC(=O)OC(COC(=O)CCCCCCCCCCCCCCCC/C=C\C/C=C\C/C=C\CCCCCCC)COP(=O)(O)OCC[N+](C)(C)C. The standard InChI is InChI=1S/C76H140NO8P/c1-6-8-10-12-14-16-18-20-22-24-26-28-30-32-34-36-37-38-39-41-43-45-47-49-51-53-55-57-59-61-63-65-67-69-76(79)85-74(73-84-86(80,81)83-71-70-77(3,4)5)72-82-75(78)68-66-64-62-60-58-56-54-52-50-48-46-44-42-40-35-33-31-29-27-25-23-21-19-17-15-13-11-9-7-2/h18-21,24-27,30-33,74H,6-17,22-23,28-29,34-73H2,1-5H3/p+1/b20-18-,21-19-,26-24-,27-25-,32-30-,33-31-. The van der Waals surface area contributed by atoms with Crippen LogP contribution in [0.3, 0.4) is 0 Å². The first-order valence-corrected chi connectivity index (χ1v) is 38.2. The molecule has 0 heterocycles. The summed E-state index contributed by atoms with van der Waals surface area (Å²) in [5.41, 5.74) is 0. The third-order valence-corrected chi connectivity index (χ3v) is 17.2. The molecule has 0 aromatic rings. The second-order valence-electron chi connectivity index (χ2n) is 26.0. The zero-order valence-electron chi connectivity index (χ0n) is 57.3. The van der Waals surface area contributed by atoms with Crippen molar-refractivity contribution in [2.75, 3.05) is 47.5 Å². The van der Waals surface area contributed by atoms with Gasteiger partial charge in [0.1, 0.15) is 19.8 Å². The van der Waals surface area contributed by atoms with Crippen LogP contribution in [0.1, 0.15) is 348 Å². The molecule has 0 aromatic heterocycles. The largest absolute Gasteiger partial charge is 0.472 e. The summed E-state index contributed by atoms with van der Waals surface area (Å²) in [6.07, 6.45) is 90.1. The van der Waals surface area contributed by atoms with E-state index >= 15 is 0 Å². The van der Waals surface area contributed by atoms with Crippen LogP contribution in [0.15, 0.2) is 72.9 Å². The Morgan fingerprint density at radius 2 is 0.628 bits per heavy atom. The van der Waals surface area contributed by atoms with Crippen LogP contribution in [0.4, 0.5) is 0 Å². The Bertz CT molecular complexity index is 1680. The summed E-state index contributed by atoms with van der Waals surface area (Å²) in [7, 11) is 1.49. The van der Waals surface area contributed by atoms with E-state index in [1.807, 2.05) is 21.1 Å². The summed E-state index contributed by atoms with van der Waals surface area (Å²) < 4.78 is 34.8. The molecule has 0 fully saturated rings. The maximum Gasteiger partial charge on any atom is 0.472 e. The maximum absolute atomic E-state index is 12.9. The minimum Gasteiger partial charge on any atom is -0.462 e. The van der Waals surface area contributed by atoms with Crippen molar-refractivity contribution in [3.8, 4) is 0 Å². The van der Waals surface area contributed by atoms with Crippen molar-refractivity contribution in [1.82, 2.24) is 0 Å². The number of rotatable bonds is 68. The van der Waals surface area contributed by atoms with Gasteiger partial charge in [0.25, 0.3) is 0 Å². The van der Waals surface area contributed by atoms with Crippen molar-refractivity contribution < 1.29 is 42.1 Å². The van der Waals surface area contributed by atoms with Gasteiger partial charge in [-0.3, -0.25) is 18.6 Å². The maximum atomic E-state index is 12.9. The number of quaternary nitrogens is 1. The fourth-order valence-corrected chi connectivity index (χ4v) is 11.3. The molecule has 0 aliphatic rings. The molecule has 0 radical (unpaired) electrons. The van der Waals surface area contributed by atoms with E-state index in [-0.39, 0.29) is 32.0 Å².